The van der Waals surface area contributed by atoms with Crippen molar-refractivity contribution in [1.29, 1.82) is 0 Å². The standard InChI is InChI=1S/C15H17ClN2O4S2/c1-3-14(19)17-15-18(9-4-5-12(22-2)10(16)6-9)11-7-24(20,21)8-13(11)23-15/h4-6,11,13H,3,7-8H2,1-2H3/t11-,13+/m0/s1. The van der Waals surface area contributed by atoms with Gasteiger partial charge in [0.15, 0.2) is 15.0 Å². The lowest BCUT2D eigenvalue weighted by Crippen LogP contribution is -2.37. The van der Waals surface area contributed by atoms with Crippen molar-refractivity contribution >= 4 is 50.0 Å². The Morgan fingerprint density at radius 3 is 2.83 bits per heavy atom. The molecule has 2 atom stereocenters. The average molecular weight is 389 g/mol. The monoisotopic (exact) mass is 388 g/mol. The number of amides is 1. The minimum absolute atomic E-state index is 0.0493. The molecule has 2 aliphatic heterocycles. The molecule has 130 valence electrons. The van der Waals surface area contributed by atoms with Crippen LogP contribution < -0.4 is 9.64 Å². The van der Waals surface area contributed by atoms with Gasteiger partial charge in [-0.1, -0.05) is 30.3 Å². The Kier molecular flexibility index (Phi) is 4.81. The highest BCUT2D eigenvalue weighted by Gasteiger charge is 2.49. The molecule has 2 aliphatic rings. The summed E-state index contributed by atoms with van der Waals surface area (Å²) in [5, 5.41) is 0.831. The molecule has 6 nitrogen and oxygen atoms in total. The lowest BCUT2D eigenvalue weighted by molar-refractivity contribution is -0.117. The molecule has 0 radical (unpaired) electrons. The largest absolute Gasteiger partial charge is 0.495 e. The van der Waals surface area contributed by atoms with Crippen molar-refractivity contribution in [3.05, 3.63) is 23.2 Å². The fourth-order valence-electron chi connectivity index (χ4n) is 2.86. The molecule has 0 saturated carbocycles. The van der Waals surface area contributed by atoms with Crippen molar-refractivity contribution in [2.24, 2.45) is 4.99 Å². The average Bonchev–Trinajstić information content (AvgIpc) is 2.97. The van der Waals surface area contributed by atoms with Gasteiger partial charge >= 0.3 is 0 Å². The topological polar surface area (TPSA) is 76.0 Å². The van der Waals surface area contributed by atoms with Crippen LogP contribution in [0.2, 0.25) is 5.02 Å². The zero-order valence-electron chi connectivity index (χ0n) is 13.2. The van der Waals surface area contributed by atoms with Crippen molar-refractivity contribution in [2.45, 2.75) is 24.6 Å². The molecule has 9 heteroatoms. The number of nitrogens with zero attached hydrogens (tertiary/aromatic N) is 2. The van der Waals surface area contributed by atoms with E-state index in [4.69, 9.17) is 16.3 Å². The molecule has 0 unspecified atom stereocenters. The van der Waals surface area contributed by atoms with Crippen LogP contribution in [0.4, 0.5) is 5.69 Å². The van der Waals surface area contributed by atoms with Gasteiger partial charge in [-0.25, -0.2) is 8.42 Å². The van der Waals surface area contributed by atoms with Crippen LogP contribution in [0.15, 0.2) is 23.2 Å². The van der Waals surface area contributed by atoms with E-state index in [1.165, 1.54) is 18.9 Å². The number of halogens is 1. The summed E-state index contributed by atoms with van der Waals surface area (Å²) in [5.74, 6) is 0.450. The number of aliphatic imine (C=N–C) groups is 1. The van der Waals surface area contributed by atoms with Crippen LogP contribution in [0.1, 0.15) is 13.3 Å². The number of hydrogen-bond donors (Lipinski definition) is 0. The molecule has 1 aromatic carbocycles. The maximum atomic E-state index is 12.0. The van der Waals surface area contributed by atoms with E-state index in [9.17, 15) is 13.2 Å². The minimum atomic E-state index is -3.09. The molecule has 3 rings (SSSR count). The number of sulfone groups is 1. The highest BCUT2D eigenvalue weighted by molar-refractivity contribution is 8.16. The minimum Gasteiger partial charge on any atom is -0.495 e. The third-order valence-electron chi connectivity index (χ3n) is 4.00. The molecule has 0 aliphatic carbocycles. The van der Waals surface area contributed by atoms with E-state index in [2.05, 4.69) is 4.99 Å². The van der Waals surface area contributed by atoms with Crippen molar-refractivity contribution in [3.8, 4) is 5.75 Å². The van der Waals surface area contributed by atoms with Gasteiger partial charge in [0.05, 0.1) is 29.7 Å². The summed E-state index contributed by atoms with van der Waals surface area (Å²) in [6, 6.07) is 4.98. The molecular weight excluding hydrogens is 372 g/mol. The van der Waals surface area contributed by atoms with E-state index >= 15 is 0 Å². The van der Waals surface area contributed by atoms with Gasteiger partial charge in [-0.15, -0.1) is 0 Å². The highest BCUT2D eigenvalue weighted by atomic mass is 35.5. The van der Waals surface area contributed by atoms with Crippen molar-refractivity contribution in [1.82, 2.24) is 0 Å². The van der Waals surface area contributed by atoms with Crippen LogP contribution in [0.5, 0.6) is 5.75 Å². The van der Waals surface area contributed by atoms with E-state index < -0.39 is 9.84 Å². The summed E-state index contributed by atoms with van der Waals surface area (Å²) in [4.78, 5) is 17.7. The second kappa shape index (κ2) is 6.57. The zero-order chi connectivity index (χ0) is 17.5. The Morgan fingerprint density at radius 2 is 2.21 bits per heavy atom. The Bertz CT molecular complexity index is 810. The van der Waals surface area contributed by atoms with E-state index in [1.54, 1.807) is 25.1 Å². The number of hydrogen-bond acceptors (Lipinski definition) is 5. The van der Waals surface area contributed by atoms with Crippen molar-refractivity contribution in [2.75, 3.05) is 23.5 Å². The van der Waals surface area contributed by atoms with Crippen molar-refractivity contribution < 1.29 is 17.9 Å². The van der Waals surface area contributed by atoms with Crippen LogP contribution in [-0.2, 0) is 14.6 Å². The van der Waals surface area contributed by atoms with Crippen LogP contribution in [0.3, 0.4) is 0 Å². The van der Waals surface area contributed by atoms with Gasteiger partial charge in [-0.2, -0.15) is 4.99 Å². The lowest BCUT2D eigenvalue weighted by Gasteiger charge is -2.25. The number of carbonyl (C=O) groups excluding carboxylic acids is 1. The van der Waals surface area contributed by atoms with Crippen LogP contribution in [0.25, 0.3) is 0 Å². The molecular formula is C15H17ClN2O4S2. The molecule has 2 fully saturated rings. The summed E-state index contributed by atoms with van der Waals surface area (Å²) in [5.41, 5.74) is 0.709. The fourth-order valence-corrected chi connectivity index (χ4v) is 7.04. The number of carbonyl (C=O) groups is 1. The number of methoxy groups -OCH3 is 1. The Morgan fingerprint density at radius 1 is 1.46 bits per heavy atom. The molecule has 2 saturated heterocycles. The summed E-state index contributed by atoms with van der Waals surface area (Å²) >= 11 is 7.55. The Hall–Kier alpha value is -1.25. The number of rotatable bonds is 3. The third-order valence-corrected chi connectivity index (χ3v) is 7.51. The smallest absolute Gasteiger partial charge is 0.247 e. The fraction of sp³-hybridized carbons (Fsp3) is 0.467. The van der Waals surface area contributed by atoms with Gasteiger partial charge in [0.2, 0.25) is 5.91 Å². The van der Waals surface area contributed by atoms with E-state index in [-0.39, 0.29) is 28.7 Å². The predicted molar refractivity (Wildman–Crippen MR) is 97.0 cm³/mol. The van der Waals surface area contributed by atoms with E-state index in [0.717, 1.165) is 0 Å². The summed E-state index contributed by atoms with van der Waals surface area (Å²) in [7, 11) is -1.56. The molecule has 0 aromatic heterocycles. The van der Waals surface area contributed by atoms with Crippen LogP contribution >= 0.6 is 23.4 Å². The van der Waals surface area contributed by atoms with E-state index in [1.807, 2.05) is 4.90 Å². The number of fused-ring (bicyclic) bond motifs is 1. The quantitative estimate of drug-likeness (QED) is 0.791. The number of anilines is 1. The number of amidine groups is 1. The highest BCUT2D eigenvalue weighted by Crippen LogP contribution is 2.42. The molecule has 2 heterocycles. The first-order chi connectivity index (χ1) is 11.3. The first-order valence-corrected chi connectivity index (χ1v) is 10.5. The Balaban J connectivity index is 2.03. The maximum absolute atomic E-state index is 12.0. The van der Waals surface area contributed by atoms with E-state index in [0.29, 0.717) is 28.0 Å². The van der Waals surface area contributed by atoms with Gasteiger partial charge in [-0.3, -0.25) is 4.79 Å². The van der Waals surface area contributed by atoms with Gasteiger partial charge in [0.25, 0.3) is 0 Å². The number of thioether (sulfide) groups is 1. The second-order valence-electron chi connectivity index (χ2n) is 5.63. The molecule has 0 bridgehead atoms. The molecule has 0 spiro atoms. The first-order valence-electron chi connectivity index (χ1n) is 7.46. The maximum Gasteiger partial charge on any atom is 0.247 e. The first kappa shape index (κ1) is 17.6. The second-order valence-corrected chi connectivity index (χ2v) is 9.40. The van der Waals surface area contributed by atoms with Gasteiger partial charge in [0, 0.05) is 17.4 Å². The Labute approximate surface area is 150 Å². The molecule has 1 amide bonds. The van der Waals surface area contributed by atoms with Gasteiger partial charge < -0.3 is 9.64 Å². The van der Waals surface area contributed by atoms with Gasteiger partial charge in [-0.05, 0) is 18.2 Å². The number of ether oxygens (including phenoxy) is 1. The molecule has 24 heavy (non-hydrogen) atoms. The summed E-state index contributed by atoms with van der Waals surface area (Å²) in [6.07, 6.45) is 0.300. The zero-order valence-corrected chi connectivity index (χ0v) is 15.6. The van der Waals surface area contributed by atoms with Crippen LogP contribution in [-0.4, -0.2) is 49.4 Å². The summed E-state index contributed by atoms with van der Waals surface area (Å²) < 4.78 is 29.1. The SMILES string of the molecule is CCC(=O)N=C1S[C@@H]2CS(=O)(=O)C[C@@H]2N1c1ccc(OC)c(Cl)c1. The normalized spacial score (nSPS) is 26.6. The lowest BCUT2D eigenvalue weighted by atomic mass is 10.2. The van der Waals surface area contributed by atoms with Gasteiger partial charge in [0.1, 0.15) is 5.75 Å². The van der Waals surface area contributed by atoms with Crippen LogP contribution in [0, 0.1) is 0 Å². The predicted octanol–water partition coefficient (Wildman–Crippen LogP) is 2.36. The molecule has 1 aromatic rings. The number of benzene rings is 1. The third kappa shape index (κ3) is 3.27. The van der Waals surface area contributed by atoms with Crippen molar-refractivity contribution in [3.63, 3.8) is 0 Å². The summed E-state index contributed by atoms with van der Waals surface area (Å²) in [6.45, 7) is 1.74. The molecule has 0 N–H and O–H groups in total.